The fourth-order valence-corrected chi connectivity index (χ4v) is 2.95. The van der Waals surface area contributed by atoms with Gasteiger partial charge in [0.2, 0.25) is 0 Å². The number of thiophene rings is 1. The minimum absolute atomic E-state index is 0.303. The van der Waals surface area contributed by atoms with Crippen LogP contribution in [0, 0.1) is 5.92 Å². The Bertz CT molecular complexity index is 581. The molecule has 0 amide bonds. The van der Waals surface area contributed by atoms with Gasteiger partial charge in [0.05, 0.1) is 5.69 Å². The van der Waals surface area contributed by atoms with Crippen LogP contribution >= 0.6 is 11.3 Å². The highest BCUT2D eigenvalue weighted by Gasteiger charge is 2.19. The summed E-state index contributed by atoms with van der Waals surface area (Å²) in [5, 5.41) is 14.7. The Morgan fingerprint density at radius 3 is 2.61 bits per heavy atom. The maximum atomic E-state index is 11.1. The van der Waals surface area contributed by atoms with Gasteiger partial charge < -0.3 is 5.11 Å². The van der Waals surface area contributed by atoms with Crippen molar-refractivity contribution in [1.82, 2.24) is 9.78 Å². The molecule has 0 aliphatic heterocycles. The number of fused-ring (bicyclic) bond motifs is 1. The lowest BCUT2D eigenvalue weighted by atomic mass is 10.1. The molecular formula is C13H18N2O2S. The molecule has 4 nitrogen and oxygen atoms in total. The summed E-state index contributed by atoms with van der Waals surface area (Å²) in [7, 11) is 0. The first-order chi connectivity index (χ1) is 8.40. The van der Waals surface area contributed by atoms with Gasteiger partial charge in [-0.1, -0.05) is 27.7 Å². The summed E-state index contributed by atoms with van der Waals surface area (Å²) in [5.41, 5.74) is 0.995. The molecule has 18 heavy (non-hydrogen) atoms. The van der Waals surface area contributed by atoms with Crippen molar-refractivity contribution < 1.29 is 9.90 Å². The van der Waals surface area contributed by atoms with Crippen molar-refractivity contribution in [2.75, 3.05) is 0 Å². The average molecular weight is 266 g/mol. The number of rotatable bonds is 4. The molecule has 0 bridgehead atoms. The summed E-state index contributed by atoms with van der Waals surface area (Å²) in [6.45, 7) is 9.25. The third kappa shape index (κ3) is 2.27. The quantitative estimate of drug-likeness (QED) is 0.920. The standard InChI is InChI=1S/C13H18N2O2S/c1-7(2)6-15-12-9(11(14-15)8(3)4)5-10(18-12)13(16)17/h5,7-8H,6H2,1-4H3,(H,16,17). The number of hydrogen-bond acceptors (Lipinski definition) is 3. The molecule has 0 atom stereocenters. The second-order valence-corrected chi connectivity index (χ2v) is 6.28. The van der Waals surface area contributed by atoms with Crippen molar-refractivity contribution in [3.05, 3.63) is 16.6 Å². The van der Waals surface area contributed by atoms with Gasteiger partial charge in [0.1, 0.15) is 9.71 Å². The van der Waals surface area contributed by atoms with Gasteiger partial charge in [-0.2, -0.15) is 5.10 Å². The van der Waals surface area contributed by atoms with E-state index in [2.05, 4.69) is 32.8 Å². The number of aromatic carboxylic acids is 1. The van der Waals surface area contributed by atoms with Crippen molar-refractivity contribution in [1.29, 1.82) is 0 Å². The lowest BCUT2D eigenvalue weighted by molar-refractivity contribution is 0.0702. The molecule has 5 heteroatoms. The van der Waals surface area contributed by atoms with Crippen LogP contribution in [0.5, 0.6) is 0 Å². The van der Waals surface area contributed by atoms with E-state index in [-0.39, 0.29) is 0 Å². The van der Waals surface area contributed by atoms with Gasteiger partial charge in [0.25, 0.3) is 0 Å². The number of hydrogen-bond donors (Lipinski definition) is 1. The fraction of sp³-hybridized carbons (Fsp3) is 0.538. The first-order valence-electron chi connectivity index (χ1n) is 6.13. The summed E-state index contributed by atoms with van der Waals surface area (Å²) < 4.78 is 1.95. The second-order valence-electron chi connectivity index (χ2n) is 5.25. The number of carboxylic acids is 1. The van der Waals surface area contributed by atoms with Crippen molar-refractivity contribution in [2.24, 2.45) is 5.92 Å². The smallest absolute Gasteiger partial charge is 0.345 e. The van der Waals surface area contributed by atoms with E-state index in [0.29, 0.717) is 16.7 Å². The molecule has 0 fully saturated rings. The molecule has 2 aromatic rings. The molecule has 0 saturated heterocycles. The third-order valence-corrected chi connectivity index (χ3v) is 3.88. The Kier molecular flexibility index (Phi) is 3.43. The van der Waals surface area contributed by atoms with Crippen LogP contribution < -0.4 is 0 Å². The van der Waals surface area contributed by atoms with E-state index >= 15 is 0 Å². The third-order valence-electron chi connectivity index (χ3n) is 2.75. The summed E-state index contributed by atoms with van der Waals surface area (Å²) in [6.07, 6.45) is 0. The van der Waals surface area contributed by atoms with Crippen LogP contribution in [0.1, 0.15) is 49.0 Å². The van der Waals surface area contributed by atoms with Crippen LogP contribution in [0.3, 0.4) is 0 Å². The number of nitrogens with zero attached hydrogens (tertiary/aromatic N) is 2. The average Bonchev–Trinajstić information content (AvgIpc) is 2.77. The SMILES string of the molecule is CC(C)Cn1nc(C(C)C)c2cc(C(=O)O)sc21. The molecule has 0 saturated carbocycles. The summed E-state index contributed by atoms with van der Waals surface area (Å²) in [5.74, 6) is -0.0670. The first-order valence-corrected chi connectivity index (χ1v) is 6.95. The topological polar surface area (TPSA) is 55.1 Å². The van der Waals surface area contributed by atoms with Crippen molar-refractivity contribution in [3.8, 4) is 0 Å². The van der Waals surface area contributed by atoms with E-state index in [0.717, 1.165) is 22.5 Å². The summed E-state index contributed by atoms with van der Waals surface area (Å²) in [4.78, 5) is 12.4. The zero-order valence-electron chi connectivity index (χ0n) is 11.1. The highest BCUT2D eigenvalue weighted by atomic mass is 32.1. The van der Waals surface area contributed by atoms with Gasteiger partial charge in [-0.05, 0) is 17.9 Å². The lowest BCUT2D eigenvalue weighted by Gasteiger charge is -2.05. The maximum absolute atomic E-state index is 11.1. The molecule has 98 valence electrons. The van der Waals surface area contributed by atoms with E-state index in [1.807, 2.05) is 4.68 Å². The van der Waals surface area contributed by atoms with Gasteiger partial charge >= 0.3 is 5.97 Å². The Balaban J connectivity index is 2.60. The summed E-state index contributed by atoms with van der Waals surface area (Å²) in [6, 6.07) is 1.75. The van der Waals surface area contributed by atoms with Crippen molar-refractivity contribution >= 4 is 27.5 Å². The Labute approximate surface area is 110 Å². The number of aromatic nitrogens is 2. The highest BCUT2D eigenvalue weighted by molar-refractivity contribution is 7.20. The van der Waals surface area contributed by atoms with E-state index in [4.69, 9.17) is 5.11 Å². The first kappa shape index (κ1) is 13.1. The van der Waals surface area contributed by atoms with E-state index < -0.39 is 5.97 Å². The van der Waals surface area contributed by atoms with Gasteiger partial charge in [-0.15, -0.1) is 11.3 Å². The monoisotopic (exact) mass is 266 g/mol. The minimum atomic E-state index is -0.859. The molecule has 0 unspecified atom stereocenters. The van der Waals surface area contributed by atoms with Crippen LogP contribution in [-0.4, -0.2) is 20.9 Å². The number of carboxylic acid groups (broad SMARTS) is 1. The summed E-state index contributed by atoms with van der Waals surface area (Å²) >= 11 is 1.31. The second kappa shape index (κ2) is 4.72. The molecule has 2 rings (SSSR count). The van der Waals surface area contributed by atoms with Crippen LogP contribution in [0.25, 0.3) is 10.2 Å². The molecule has 0 aliphatic rings. The normalized spacial score (nSPS) is 11.9. The Hall–Kier alpha value is -1.36. The van der Waals surface area contributed by atoms with Crippen LogP contribution in [0.15, 0.2) is 6.07 Å². The largest absolute Gasteiger partial charge is 0.477 e. The van der Waals surface area contributed by atoms with E-state index in [1.54, 1.807) is 6.07 Å². The van der Waals surface area contributed by atoms with Crippen LogP contribution in [0.4, 0.5) is 0 Å². The van der Waals surface area contributed by atoms with Crippen LogP contribution in [0.2, 0.25) is 0 Å². The Morgan fingerprint density at radius 1 is 1.44 bits per heavy atom. The zero-order valence-corrected chi connectivity index (χ0v) is 11.9. The van der Waals surface area contributed by atoms with E-state index in [9.17, 15) is 4.79 Å². The van der Waals surface area contributed by atoms with Gasteiger partial charge in [0, 0.05) is 11.9 Å². The van der Waals surface area contributed by atoms with Gasteiger partial charge in [-0.25, -0.2) is 4.79 Å². The Morgan fingerprint density at radius 2 is 2.11 bits per heavy atom. The molecular weight excluding hydrogens is 248 g/mol. The molecule has 0 spiro atoms. The molecule has 2 aromatic heterocycles. The molecule has 2 heterocycles. The predicted octanol–water partition coefficient (Wildman–Crippen LogP) is 3.58. The molecule has 0 aromatic carbocycles. The zero-order chi connectivity index (χ0) is 13.4. The van der Waals surface area contributed by atoms with E-state index in [1.165, 1.54) is 11.3 Å². The lowest BCUT2D eigenvalue weighted by Crippen LogP contribution is -2.06. The number of carbonyl (C=O) groups is 1. The molecule has 0 radical (unpaired) electrons. The van der Waals surface area contributed by atoms with Crippen molar-refractivity contribution in [3.63, 3.8) is 0 Å². The van der Waals surface area contributed by atoms with Gasteiger partial charge in [0.15, 0.2) is 0 Å². The predicted molar refractivity (Wildman–Crippen MR) is 73.5 cm³/mol. The van der Waals surface area contributed by atoms with Gasteiger partial charge in [-0.3, -0.25) is 4.68 Å². The fourth-order valence-electron chi connectivity index (χ4n) is 1.99. The highest BCUT2D eigenvalue weighted by Crippen LogP contribution is 2.32. The molecule has 1 N–H and O–H groups in total. The minimum Gasteiger partial charge on any atom is -0.477 e. The van der Waals surface area contributed by atoms with Crippen LogP contribution in [-0.2, 0) is 6.54 Å². The maximum Gasteiger partial charge on any atom is 0.345 e. The molecule has 0 aliphatic carbocycles. The van der Waals surface area contributed by atoms with Crippen molar-refractivity contribution in [2.45, 2.75) is 40.2 Å².